The summed E-state index contributed by atoms with van der Waals surface area (Å²) < 4.78 is 30.2. The number of carbonyl (C=O) groups excluding carboxylic acids is 2. The number of benzene rings is 2. The van der Waals surface area contributed by atoms with Crippen molar-refractivity contribution in [3.8, 4) is 0 Å². The minimum Gasteiger partial charge on any atom is -0.450 e. The fourth-order valence-electron chi connectivity index (χ4n) is 3.42. The lowest BCUT2D eigenvalue weighted by atomic mass is 10.0. The number of amides is 2. The lowest BCUT2D eigenvalue weighted by molar-refractivity contribution is 0.0860. The number of rotatable bonds is 6. The van der Waals surface area contributed by atoms with Crippen LogP contribution in [0.4, 0.5) is 4.79 Å². The first-order valence-electron chi connectivity index (χ1n) is 9.98. The second kappa shape index (κ2) is 9.75. The van der Waals surface area contributed by atoms with Gasteiger partial charge in [-0.05, 0) is 49.6 Å². The molecular weight excluding hydrogens is 404 g/mol. The van der Waals surface area contributed by atoms with Gasteiger partial charge < -0.3 is 15.0 Å². The van der Waals surface area contributed by atoms with Crippen LogP contribution in [-0.2, 0) is 20.3 Å². The predicted molar refractivity (Wildman–Crippen MR) is 113 cm³/mol. The number of sulfone groups is 1. The molecule has 8 heteroatoms. The zero-order chi connectivity index (χ0) is 21.6. The molecule has 30 heavy (non-hydrogen) atoms. The summed E-state index contributed by atoms with van der Waals surface area (Å²) in [6.45, 7) is 3.16. The molecule has 0 aromatic heterocycles. The highest BCUT2D eigenvalue weighted by atomic mass is 32.2. The first kappa shape index (κ1) is 21.8. The number of hydrogen-bond acceptors (Lipinski definition) is 5. The Bertz CT molecular complexity index is 984. The van der Waals surface area contributed by atoms with E-state index in [1.165, 1.54) is 0 Å². The molecule has 0 aliphatic carbocycles. The summed E-state index contributed by atoms with van der Waals surface area (Å²) in [6, 6.07) is 14.9. The molecule has 0 spiro atoms. The minimum atomic E-state index is -3.48. The van der Waals surface area contributed by atoms with E-state index in [0.717, 1.165) is 0 Å². The molecule has 2 amide bonds. The molecule has 2 aromatic carbocycles. The Morgan fingerprint density at radius 1 is 1.07 bits per heavy atom. The van der Waals surface area contributed by atoms with Crippen molar-refractivity contribution in [2.45, 2.75) is 36.5 Å². The van der Waals surface area contributed by atoms with Crippen LogP contribution >= 0.6 is 0 Å². The molecule has 7 nitrogen and oxygen atoms in total. The van der Waals surface area contributed by atoms with Crippen LogP contribution in [0.2, 0.25) is 0 Å². The van der Waals surface area contributed by atoms with Crippen LogP contribution in [0.1, 0.15) is 35.7 Å². The van der Waals surface area contributed by atoms with Gasteiger partial charge in [-0.3, -0.25) is 4.79 Å². The smallest absolute Gasteiger partial charge is 0.409 e. The van der Waals surface area contributed by atoms with Gasteiger partial charge in [-0.1, -0.05) is 30.3 Å². The van der Waals surface area contributed by atoms with Gasteiger partial charge in [-0.15, -0.1) is 0 Å². The summed E-state index contributed by atoms with van der Waals surface area (Å²) >= 11 is 0. The van der Waals surface area contributed by atoms with Crippen molar-refractivity contribution in [2.75, 3.05) is 19.7 Å². The van der Waals surface area contributed by atoms with Crippen LogP contribution in [-0.4, -0.2) is 51.1 Å². The van der Waals surface area contributed by atoms with Gasteiger partial charge in [-0.2, -0.15) is 0 Å². The van der Waals surface area contributed by atoms with Gasteiger partial charge in [0.1, 0.15) is 0 Å². The first-order valence-corrected chi connectivity index (χ1v) is 11.6. The number of piperidine rings is 1. The number of nitrogens with one attached hydrogen (secondary N) is 1. The molecule has 0 bridgehead atoms. The quantitative estimate of drug-likeness (QED) is 0.761. The molecule has 0 saturated carbocycles. The number of ether oxygens (including phenoxy) is 1. The van der Waals surface area contributed by atoms with E-state index >= 15 is 0 Å². The molecule has 3 rings (SSSR count). The van der Waals surface area contributed by atoms with E-state index in [-0.39, 0.29) is 28.7 Å². The topological polar surface area (TPSA) is 92.8 Å². The summed E-state index contributed by atoms with van der Waals surface area (Å²) in [6.07, 6.45) is 0.966. The third-order valence-electron chi connectivity index (χ3n) is 5.00. The third-order valence-corrected chi connectivity index (χ3v) is 6.71. The van der Waals surface area contributed by atoms with Gasteiger partial charge in [0.05, 0.1) is 17.3 Å². The average molecular weight is 431 g/mol. The van der Waals surface area contributed by atoms with E-state index in [2.05, 4.69) is 5.32 Å². The van der Waals surface area contributed by atoms with Crippen molar-refractivity contribution in [1.82, 2.24) is 10.2 Å². The van der Waals surface area contributed by atoms with Gasteiger partial charge in [0.25, 0.3) is 5.91 Å². The molecule has 1 fully saturated rings. The Labute approximate surface area is 177 Å². The lowest BCUT2D eigenvalue weighted by Crippen LogP contribution is -2.46. The maximum Gasteiger partial charge on any atom is 0.409 e. The van der Waals surface area contributed by atoms with Crippen LogP contribution < -0.4 is 5.32 Å². The van der Waals surface area contributed by atoms with E-state index < -0.39 is 9.84 Å². The highest BCUT2D eigenvalue weighted by Crippen LogP contribution is 2.18. The Kier molecular flexibility index (Phi) is 7.10. The van der Waals surface area contributed by atoms with Crippen molar-refractivity contribution in [3.63, 3.8) is 0 Å². The van der Waals surface area contributed by atoms with E-state index in [1.807, 2.05) is 0 Å². The highest BCUT2D eigenvalue weighted by molar-refractivity contribution is 7.90. The Morgan fingerprint density at radius 3 is 2.43 bits per heavy atom. The summed E-state index contributed by atoms with van der Waals surface area (Å²) in [5.41, 5.74) is 0.979. The van der Waals surface area contributed by atoms with Gasteiger partial charge in [-0.25, -0.2) is 13.2 Å². The summed E-state index contributed by atoms with van der Waals surface area (Å²) in [5.74, 6) is -0.417. The summed E-state index contributed by atoms with van der Waals surface area (Å²) in [4.78, 5) is 26.3. The van der Waals surface area contributed by atoms with Gasteiger partial charge in [0.2, 0.25) is 0 Å². The molecule has 0 radical (unpaired) electrons. The number of carbonyl (C=O) groups is 2. The molecule has 1 aliphatic rings. The Morgan fingerprint density at radius 2 is 1.77 bits per heavy atom. The molecule has 160 valence electrons. The fraction of sp³-hybridized carbons (Fsp3) is 0.364. The summed E-state index contributed by atoms with van der Waals surface area (Å²) in [5, 5.41) is 2.98. The van der Waals surface area contributed by atoms with Crippen LogP contribution in [0.3, 0.4) is 0 Å². The summed E-state index contributed by atoms with van der Waals surface area (Å²) in [7, 11) is -3.48. The Hall–Kier alpha value is -2.87. The van der Waals surface area contributed by atoms with Crippen LogP contribution in [0.25, 0.3) is 0 Å². The number of likely N-dealkylation sites (tertiary alicyclic amines) is 1. The second-order valence-corrected chi connectivity index (χ2v) is 9.20. The van der Waals surface area contributed by atoms with Crippen molar-refractivity contribution < 1.29 is 22.7 Å². The van der Waals surface area contributed by atoms with Crippen molar-refractivity contribution in [3.05, 3.63) is 65.7 Å². The standard InChI is InChI=1S/C22H26N2O5S/c1-2-29-22(26)24-13-11-19(12-14-24)23-21(25)18-8-6-7-17(15-18)16-30(27,28)20-9-4-3-5-10-20/h3-10,15,19H,2,11-14,16H2,1H3,(H,23,25). The molecule has 0 atom stereocenters. The molecule has 1 heterocycles. The van der Waals surface area contributed by atoms with Gasteiger partial charge >= 0.3 is 6.09 Å². The van der Waals surface area contributed by atoms with E-state index in [4.69, 9.17) is 4.74 Å². The minimum absolute atomic E-state index is 0.0418. The maximum atomic E-state index is 12.7. The molecule has 2 aromatic rings. The molecular formula is C22H26N2O5S. The Balaban J connectivity index is 1.60. The van der Waals surface area contributed by atoms with E-state index in [1.54, 1.807) is 66.4 Å². The van der Waals surface area contributed by atoms with Crippen LogP contribution in [0, 0.1) is 0 Å². The van der Waals surface area contributed by atoms with Crippen molar-refractivity contribution in [1.29, 1.82) is 0 Å². The number of nitrogens with zero attached hydrogens (tertiary/aromatic N) is 1. The largest absolute Gasteiger partial charge is 0.450 e. The van der Waals surface area contributed by atoms with Crippen molar-refractivity contribution >= 4 is 21.8 Å². The highest BCUT2D eigenvalue weighted by Gasteiger charge is 2.25. The maximum absolute atomic E-state index is 12.7. The normalized spacial score (nSPS) is 14.9. The average Bonchev–Trinajstić information content (AvgIpc) is 2.75. The van der Waals surface area contributed by atoms with E-state index in [9.17, 15) is 18.0 Å². The lowest BCUT2D eigenvalue weighted by Gasteiger charge is -2.31. The zero-order valence-electron chi connectivity index (χ0n) is 16.9. The SMILES string of the molecule is CCOC(=O)N1CCC(NC(=O)c2cccc(CS(=O)(=O)c3ccccc3)c2)CC1. The predicted octanol–water partition coefficient (Wildman–Crippen LogP) is 3.01. The molecule has 1 aliphatic heterocycles. The number of hydrogen-bond donors (Lipinski definition) is 1. The van der Waals surface area contributed by atoms with Crippen LogP contribution in [0.5, 0.6) is 0 Å². The second-order valence-electron chi connectivity index (χ2n) is 7.21. The van der Waals surface area contributed by atoms with Crippen LogP contribution in [0.15, 0.2) is 59.5 Å². The monoisotopic (exact) mass is 430 g/mol. The molecule has 1 saturated heterocycles. The zero-order valence-corrected chi connectivity index (χ0v) is 17.7. The fourth-order valence-corrected chi connectivity index (χ4v) is 4.78. The third kappa shape index (κ3) is 5.60. The van der Waals surface area contributed by atoms with Gasteiger partial charge in [0.15, 0.2) is 9.84 Å². The first-order chi connectivity index (χ1) is 14.4. The molecule has 0 unspecified atom stereocenters. The van der Waals surface area contributed by atoms with E-state index in [0.29, 0.717) is 43.7 Å². The van der Waals surface area contributed by atoms with Gasteiger partial charge in [0, 0.05) is 24.7 Å². The molecule has 1 N–H and O–H groups in total. The van der Waals surface area contributed by atoms with Crippen molar-refractivity contribution in [2.24, 2.45) is 0 Å².